The van der Waals surface area contributed by atoms with E-state index in [1.807, 2.05) is 31.2 Å². The molecule has 0 radical (unpaired) electrons. The molecule has 0 aliphatic rings. The van der Waals surface area contributed by atoms with Crippen molar-refractivity contribution in [2.75, 3.05) is 5.32 Å². The molecule has 5 nitrogen and oxygen atoms in total. The van der Waals surface area contributed by atoms with Gasteiger partial charge in [-0.3, -0.25) is 10.1 Å². The molecule has 0 unspecified atom stereocenters. The zero-order valence-corrected chi connectivity index (χ0v) is 14.2. The second-order valence-electron chi connectivity index (χ2n) is 5.65. The van der Waals surface area contributed by atoms with Gasteiger partial charge in [0.05, 0.1) is 10.2 Å². The summed E-state index contributed by atoms with van der Waals surface area (Å²) in [6, 6.07) is 11.2. The number of hydrogen-bond acceptors (Lipinski definition) is 5. The minimum atomic E-state index is -0.987. The molecule has 0 saturated carbocycles. The van der Waals surface area contributed by atoms with Crippen LogP contribution in [0.1, 0.15) is 16.1 Å². The number of thiazole rings is 1. The Kier molecular flexibility index (Phi) is 3.96. The molecule has 1 N–H and O–H groups in total. The number of nitrogens with zero attached hydrogens (tertiary/aromatic N) is 2. The largest absolute Gasteiger partial charge is 0.350 e. The summed E-state index contributed by atoms with van der Waals surface area (Å²) < 4.78 is 32.0. The van der Waals surface area contributed by atoms with E-state index in [-0.39, 0.29) is 16.4 Å². The Balaban J connectivity index is 1.56. The lowest BCUT2D eigenvalue weighted by Gasteiger charge is -1.96. The van der Waals surface area contributed by atoms with E-state index >= 15 is 0 Å². The van der Waals surface area contributed by atoms with Crippen molar-refractivity contribution in [2.24, 2.45) is 0 Å². The van der Waals surface area contributed by atoms with Crippen molar-refractivity contribution in [3.8, 4) is 11.3 Å². The highest BCUT2D eigenvalue weighted by Crippen LogP contribution is 2.28. The molecule has 26 heavy (non-hydrogen) atoms. The Bertz CT molecular complexity index is 1080. The molecule has 0 atom stereocenters. The zero-order valence-electron chi connectivity index (χ0n) is 13.4. The number of nitrogens with one attached hydrogen (secondary N) is 1. The number of anilines is 1. The molecule has 1 amide bonds. The predicted molar refractivity (Wildman–Crippen MR) is 94.2 cm³/mol. The fraction of sp³-hybridized carbons (Fsp3) is 0.0556. The van der Waals surface area contributed by atoms with Crippen LogP contribution >= 0.6 is 11.3 Å². The average molecular weight is 371 g/mol. The van der Waals surface area contributed by atoms with Crippen LogP contribution in [-0.4, -0.2) is 16.0 Å². The number of benzene rings is 2. The molecule has 2 aromatic heterocycles. The van der Waals surface area contributed by atoms with Crippen molar-refractivity contribution in [1.82, 2.24) is 10.1 Å². The predicted octanol–water partition coefficient (Wildman–Crippen LogP) is 4.79. The van der Waals surface area contributed by atoms with Gasteiger partial charge in [-0.25, -0.2) is 13.8 Å². The molecule has 0 fully saturated rings. The van der Waals surface area contributed by atoms with Crippen molar-refractivity contribution in [3.05, 3.63) is 65.4 Å². The number of carbonyl (C=O) groups excluding carboxylic acids is 1. The van der Waals surface area contributed by atoms with Crippen molar-refractivity contribution in [2.45, 2.75) is 6.92 Å². The first-order chi connectivity index (χ1) is 12.5. The third-order valence-electron chi connectivity index (χ3n) is 3.73. The molecular weight excluding hydrogens is 360 g/mol. The van der Waals surface area contributed by atoms with Gasteiger partial charge in [-0.05, 0) is 13.0 Å². The number of hydrogen-bond donors (Lipinski definition) is 1. The third kappa shape index (κ3) is 3.06. The van der Waals surface area contributed by atoms with Crippen LogP contribution in [0.4, 0.5) is 13.9 Å². The van der Waals surface area contributed by atoms with E-state index in [2.05, 4.69) is 15.5 Å². The zero-order chi connectivity index (χ0) is 18.3. The topological polar surface area (TPSA) is 68.0 Å². The second-order valence-corrected chi connectivity index (χ2v) is 6.68. The fourth-order valence-corrected chi connectivity index (χ4v) is 3.25. The summed E-state index contributed by atoms with van der Waals surface area (Å²) in [5.74, 6) is -2.48. The minimum absolute atomic E-state index is 0.0113. The Hall–Kier alpha value is -3.13. The number of amides is 1. The Labute approximate surface area is 150 Å². The summed E-state index contributed by atoms with van der Waals surface area (Å²) >= 11 is 1.04. The maximum absolute atomic E-state index is 13.3. The van der Waals surface area contributed by atoms with Gasteiger partial charge in [0, 0.05) is 17.7 Å². The number of halogens is 2. The van der Waals surface area contributed by atoms with Gasteiger partial charge >= 0.3 is 0 Å². The molecule has 2 heterocycles. The standard InChI is InChI=1S/C18H11F2N3O2S/c1-9-2-4-10(5-3-9)13-8-15(25-23-13)17(24)22-18-21-14-6-11(19)12(20)7-16(14)26-18/h2-8H,1H3,(H,21,22,24). The van der Waals surface area contributed by atoms with Gasteiger partial charge < -0.3 is 4.52 Å². The van der Waals surface area contributed by atoms with Crippen molar-refractivity contribution in [1.29, 1.82) is 0 Å². The molecule has 4 rings (SSSR count). The van der Waals surface area contributed by atoms with Gasteiger partial charge in [0.25, 0.3) is 5.91 Å². The van der Waals surface area contributed by atoms with Crippen LogP contribution in [-0.2, 0) is 0 Å². The molecule has 0 aliphatic heterocycles. The first-order valence-corrected chi connectivity index (χ1v) is 8.42. The van der Waals surface area contributed by atoms with Crippen LogP contribution in [0.3, 0.4) is 0 Å². The molecule has 2 aromatic carbocycles. The van der Waals surface area contributed by atoms with Gasteiger partial charge in [-0.15, -0.1) is 0 Å². The number of rotatable bonds is 3. The van der Waals surface area contributed by atoms with E-state index in [9.17, 15) is 13.6 Å². The summed E-state index contributed by atoms with van der Waals surface area (Å²) in [5.41, 5.74) is 2.73. The molecule has 0 bridgehead atoms. The van der Waals surface area contributed by atoms with E-state index in [0.29, 0.717) is 10.4 Å². The highest BCUT2D eigenvalue weighted by molar-refractivity contribution is 7.22. The first kappa shape index (κ1) is 16.3. The maximum Gasteiger partial charge on any atom is 0.296 e. The van der Waals surface area contributed by atoms with Crippen molar-refractivity contribution in [3.63, 3.8) is 0 Å². The summed E-state index contributed by atoms with van der Waals surface area (Å²) in [6.07, 6.45) is 0. The molecule has 0 saturated heterocycles. The minimum Gasteiger partial charge on any atom is -0.350 e. The van der Waals surface area contributed by atoms with Crippen LogP contribution in [0.15, 0.2) is 47.0 Å². The first-order valence-electron chi connectivity index (χ1n) is 7.60. The van der Waals surface area contributed by atoms with Crippen LogP contribution in [0.2, 0.25) is 0 Å². The monoisotopic (exact) mass is 371 g/mol. The molecule has 4 aromatic rings. The van der Waals surface area contributed by atoms with Crippen LogP contribution in [0.5, 0.6) is 0 Å². The molecular formula is C18H11F2N3O2S. The van der Waals surface area contributed by atoms with E-state index in [4.69, 9.17) is 4.52 Å². The smallest absolute Gasteiger partial charge is 0.296 e. The quantitative estimate of drug-likeness (QED) is 0.562. The summed E-state index contributed by atoms with van der Waals surface area (Å²) in [5, 5.41) is 6.65. The van der Waals surface area contributed by atoms with Gasteiger partial charge in [0.1, 0.15) is 5.69 Å². The number of aryl methyl sites for hydroxylation is 1. The lowest BCUT2D eigenvalue weighted by molar-refractivity contribution is 0.0988. The van der Waals surface area contributed by atoms with Crippen LogP contribution in [0.25, 0.3) is 21.5 Å². The normalized spacial score (nSPS) is 11.0. The molecule has 0 spiro atoms. The lowest BCUT2D eigenvalue weighted by Crippen LogP contribution is -2.10. The van der Waals surface area contributed by atoms with E-state index in [0.717, 1.165) is 34.6 Å². The van der Waals surface area contributed by atoms with Crippen molar-refractivity contribution >= 4 is 32.6 Å². The average Bonchev–Trinajstić information content (AvgIpc) is 3.23. The summed E-state index contributed by atoms with van der Waals surface area (Å²) in [7, 11) is 0. The summed E-state index contributed by atoms with van der Waals surface area (Å²) in [6.45, 7) is 1.97. The Morgan fingerprint density at radius 3 is 2.62 bits per heavy atom. The highest BCUT2D eigenvalue weighted by atomic mass is 32.1. The number of fused-ring (bicyclic) bond motifs is 1. The van der Waals surface area contributed by atoms with Gasteiger partial charge in [0.15, 0.2) is 16.8 Å². The second kappa shape index (κ2) is 6.30. The molecule has 0 aliphatic carbocycles. The fourth-order valence-electron chi connectivity index (χ4n) is 2.38. The highest BCUT2D eigenvalue weighted by Gasteiger charge is 2.17. The van der Waals surface area contributed by atoms with Crippen LogP contribution in [0, 0.1) is 18.6 Å². The van der Waals surface area contributed by atoms with E-state index in [1.54, 1.807) is 0 Å². The lowest BCUT2D eigenvalue weighted by atomic mass is 10.1. The van der Waals surface area contributed by atoms with Crippen molar-refractivity contribution < 1.29 is 18.1 Å². The molecule has 130 valence electrons. The number of aromatic nitrogens is 2. The number of carbonyl (C=O) groups is 1. The van der Waals surface area contributed by atoms with Crippen LogP contribution < -0.4 is 5.32 Å². The SMILES string of the molecule is Cc1ccc(-c2cc(C(=O)Nc3nc4cc(F)c(F)cc4s3)on2)cc1. The van der Waals surface area contributed by atoms with Gasteiger partial charge in [0.2, 0.25) is 5.76 Å². The summed E-state index contributed by atoms with van der Waals surface area (Å²) in [4.78, 5) is 16.4. The Morgan fingerprint density at radius 2 is 1.85 bits per heavy atom. The van der Waals surface area contributed by atoms with Gasteiger partial charge in [-0.2, -0.15) is 0 Å². The van der Waals surface area contributed by atoms with E-state index < -0.39 is 17.5 Å². The maximum atomic E-state index is 13.3. The van der Waals surface area contributed by atoms with Gasteiger partial charge in [-0.1, -0.05) is 46.3 Å². The van der Waals surface area contributed by atoms with E-state index in [1.165, 1.54) is 6.07 Å². The Morgan fingerprint density at radius 1 is 1.12 bits per heavy atom. The third-order valence-corrected chi connectivity index (χ3v) is 4.67. The molecule has 8 heteroatoms.